The van der Waals surface area contributed by atoms with Gasteiger partial charge in [0.15, 0.2) is 0 Å². The minimum Gasteiger partial charge on any atom is -0.379 e. The van der Waals surface area contributed by atoms with Crippen molar-refractivity contribution in [3.63, 3.8) is 0 Å². The van der Waals surface area contributed by atoms with Gasteiger partial charge in [0.1, 0.15) is 0 Å². The van der Waals surface area contributed by atoms with Crippen molar-refractivity contribution in [2.75, 3.05) is 20.3 Å². The fraction of sp³-hybridized carbons (Fsp3) is 0.471. The van der Waals surface area contributed by atoms with Gasteiger partial charge in [0.2, 0.25) is 0 Å². The lowest BCUT2D eigenvalue weighted by molar-refractivity contribution is 0.152. The van der Waals surface area contributed by atoms with Crippen molar-refractivity contribution in [1.82, 2.24) is 25.0 Å². The maximum atomic E-state index is 12.8. The number of nitrogens with one attached hydrogen (secondary N) is 1. The first kappa shape index (κ1) is 16.4. The van der Waals surface area contributed by atoms with Crippen LogP contribution in [0.1, 0.15) is 30.5 Å². The fourth-order valence-corrected chi connectivity index (χ4v) is 2.97. The van der Waals surface area contributed by atoms with Crippen LogP contribution in [0.2, 0.25) is 0 Å². The number of carbonyl (C=O) groups is 1. The molecule has 1 saturated heterocycles. The quantitative estimate of drug-likeness (QED) is 0.929. The van der Waals surface area contributed by atoms with Gasteiger partial charge in [0.25, 0.3) is 0 Å². The Morgan fingerprint density at radius 1 is 1.46 bits per heavy atom. The maximum absolute atomic E-state index is 12.8. The zero-order valence-electron chi connectivity index (χ0n) is 14.3. The Labute approximate surface area is 141 Å². The Balaban J connectivity index is 1.76. The molecule has 2 amide bonds. The average Bonchev–Trinajstić information content (AvgIpc) is 3.24. The highest BCUT2D eigenvalue weighted by Gasteiger charge is 2.40. The number of pyridine rings is 1. The van der Waals surface area contributed by atoms with Crippen LogP contribution in [0, 0.1) is 0 Å². The molecule has 7 heteroatoms. The first-order chi connectivity index (χ1) is 11.5. The lowest BCUT2D eigenvalue weighted by atomic mass is 9.92. The predicted molar refractivity (Wildman–Crippen MR) is 89.3 cm³/mol. The van der Waals surface area contributed by atoms with Crippen LogP contribution in [0.25, 0.3) is 0 Å². The molecule has 2 aromatic rings. The summed E-state index contributed by atoms with van der Waals surface area (Å²) in [6, 6.07) is 3.66. The van der Waals surface area contributed by atoms with E-state index in [4.69, 9.17) is 4.74 Å². The van der Waals surface area contributed by atoms with Crippen LogP contribution in [0.15, 0.2) is 36.9 Å². The third-order valence-electron chi connectivity index (χ3n) is 4.72. The Morgan fingerprint density at radius 2 is 2.21 bits per heavy atom. The van der Waals surface area contributed by atoms with Gasteiger partial charge in [-0.25, -0.2) is 4.79 Å². The normalized spacial score (nSPS) is 21.5. The van der Waals surface area contributed by atoms with Crippen LogP contribution in [-0.2, 0) is 17.3 Å². The fourth-order valence-electron chi connectivity index (χ4n) is 2.97. The summed E-state index contributed by atoms with van der Waals surface area (Å²) >= 11 is 0. The third kappa shape index (κ3) is 3.12. The van der Waals surface area contributed by atoms with Gasteiger partial charge < -0.3 is 15.0 Å². The Hall–Kier alpha value is -2.41. The SMILES string of the molecule is C[C@@H](c1ccncc1)N(C)C(=O)NC1(c2cnn(C)c2)CCOC1. The second-order valence-corrected chi connectivity index (χ2v) is 6.28. The highest BCUT2D eigenvalue weighted by Crippen LogP contribution is 2.31. The molecule has 0 spiro atoms. The molecular weight excluding hydrogens is 306 g/mol. The second kappa shape index (κ2) is 6.60. The monoisotopic (exact) mass is 329 g/mol. The molecule has 1 unspecified atom stereocenters. The van der Waals surface area contributed by atoms with E-state index in [1.165, 1.54) is 0 Å². The predicted octanol–water partition coefficient (Wildman–Crippen LogP) is 1.83. The summed E-state index contributed by atoms with van der Waals surface area (Å²) in [6.45, 7) is 3.08. The number of aromatic nitrogens is 3. The molecular formula is C17H23N5O2. The molecule has 0 aromatic carbocycles. The molecule has 2 atom stereocenters. The van der Waals surface area contributed by atoms with E-state index in [0.29, 0.717) is 13.2 Å². The third-order valence-corrected chi connectivity index (χ3v) is 4.72. The van der Waals surface area contributed by atoms with Crippen LogP contribution in [0.4, 0.5) is 4.79 Å². The van der Waals surface area contributed by atoms with Crippen molar-refractivity contribution in [3.8, 4) is 0 Å². The molecule has 3 heterocycles. The molecule has 24 heavy (non-hydrogen) atoms. The zero-order chi connectivity index (χ0) is 17.2. The van der Waals surface area contributed by atoms with Crippen molar-refractivity contribution in [3.05, 3.63) is 48.0 Å². The van der Waals surface area contributed by atoms with E-state index in [-0.39, 0.29) is 12.1 Å². The summed E-state index contributed by atoms with van der Waals surface area (Å²) in [7, 11) is 3.67. The number of rotatable bonds is 4. The van der Waals surface area contributed by atoms with Crippen molar-refractivity contribution in [2.24, 2.45) is 7.05 Å². The molecule has 1 N–H and O–H groups in total. The average molecular weight is 329 g/mol. The molecule has 1 aliphatic rings. The first-order valence-electron chi connectivity index (χ1n) is 8.04. The lowest BCUT2D eigenvalue weighted by Gasteiger charge is -2.33. The standard InChI is InChI=1S/C17H23N5O2/c1-13(14-4-7-18-8-5-14)22(3)16(23)20-17(6-9-24-12-17)15-10-19-21(2)11-15/h4-5,7-8,10-11,13H,6,9,12H2,1-3H3,(H,20,23)/t13-,17?/m0/s1. The Kier molecular flexibility index (Phi) is 4.53. The number of hydrogen-bond donors (Lipinski definition) is 1. The van der Waals surface area contributed by atoms with E-state index < -0.39 is 5.54 Å². The number of amides is 2. The summed E-state index contributed by atoms with van der Waals surface area (Å²) < 4.78 is 7.31. The highest BCUT2D eigenvalue weighted by molar-refractivity contribution is 5.75. The van der Waals surface area contributed by atoms with E-state index in [1.807, 2.05) is 32.3 Å². The number of nitrogens with zero attached hydrogens (tertiary/aromatic N) is 4. The highest BCUT2D eigenvalue weighted by atomic mass is 16.5. The molecule has 0 bridgehead atoms. The number of urea groups is 1. The minimum absolute atomic E-state index is 0.0544. The molecule has 0 radical (unpaired) electrons. The number of carbonyl (C=O) groups excluding carboxylic acids is 1. The topological polar surface area (TPSA) is 72.3 Å². The molecule has 1 fully saturated rings. The second-order valence-electron chi connectivity index (χ2n) is 6.28. The van der Waals surface area contributed by atoms with Crippen molar-refractivity contribution in [1.29, 1.82) is 0 Å². The van der Waals surface area contributed by atoms with Gasteiger partial charge in [-0.15, -0.1) is 0 Å². The molecule has 3 rings (SSSR count). The largest absolute Gasteiger partial charge is 0.379 e. The van der Waals surface area contributed by atoms with Crippen molar-refractivity contribution >= 4 is 6.03 Å². The van der Waals surface area contributed by atoms with Crippen molar-refractivity contribution in [2.45, 2.75) is 24.9 Å². The van der Waals surface area contributed by atoms with Gasteiger partial charge in [-0.3, -0.25) is 9.67 Å². The van der Waals surface area contributed by atoms with Crippen LogP contribution in [-0.4, -0.2) is 46.0 Å². The van der Waals surface area contributed by atoms with E-state index >= 15 is 0 Å². The molecule has 0 saturated carbocycles. The smallest absolute Gasteiger partial charge is 0.318 e. The van der Waals surface area contributed by atoms with Gasteiger partial charge in [-0.2, -0.15) is 5.10 Å². The van der Waals surface area contributed by atoms with Gasteiger partial charge >= 0.3 is 6.03 Å². The summed E-state index contributed by atoms with van der Waals surface area (Å²) in [5.41, 5.74) is 1.50. The maximum Gasteiger partial charge on any atom is 0.318 e. The van der Waals surface area contributed by atoms with E-state index in [1.54, 1.807) is 35.2 Å². The van der Waals surface area contributed by atoms with Crippen LogP contribution in [0.5, 0.6) is 0 Å². The number of hydrogen-bond acceptors (Lipinski definition) is 4. The number of aryl methyl sites for hydroxylation is 1. The summed E-state index contributed by atoms with van der Waals surface area (Å²) in [6.07, 6.45) is 7.93. The summed E-state index contributed by atoms with van der Waals surface area (Å²) in [5.74, 6) is 0. The molecule has 7 nitrogen and oxygen atoms in total. The Morgan fingerprint density at radius 3 is 2.79 bits per heavy atom. The first-order valence-corrected chi connectivity index (χ1v) is 8.04. The Bertz CT molecular complexity index is 694. The van der Waals surface area contributed by atoms with Gasteiger partial charge in [0.05, 0.1) is 24.4 Å². The lowest BCUT2D eigenvalue weighted by Crippen LogP contribution is -2.51. The van der Waals surface area contributed by atoms with Gasteiger partial charge in [-0.1, -0.05) is 0 Å². The summed E-state index contributed by atoms with van der Waals surface area (Å²) in [5, 5.41) is 7.40. The minimum atomic E-state index is -0.516. The van der Waals surface area contributed by atoms with Gasteiger partial charge in [0, 0.05) is 51.3 Å². The summed E-state index contributed by atoms with van der Waals surface area (Å²) in [4.78, 5) is 18.5. The van der Waals surface area contributed by atoms with Crippen LogP contribution < -0.4 is 5.32 Å². The van der Waals surface area contributed by atoms with Gasteiger partial charge in [-0.05, 0) is 24.6 Å². The van der Waals surface area contributed by atoms with E-state index in [9.17, 15) is 4.79 Å². The molecule has 1 aliphatic heterocycles. The van der Waals surface area contributed by atoms with Crippen LogP contribution in [0.3, 0.4) is 0 Å². The molecule has 128 valence electrons. The zero-order valence-corrected chi connectivity index (χ0v) is 14.3. The van der Waals surface area contributed by atoms with E-state index in [2.05, 4.69) is 15.4 Å². The molecule has 2 aromatic heterocycles. The van der Waals surface area contributed by atoms with E-state index in [0.717, 1.165) is 17.5 Å². The number of ether oxygens (including phenoxy) is 1. The van der Waals surface area contributed by atoms with Crippen molar-refractivity contribution < 1.29 is 9.53 Å². The molecule has 0 aliphatic carbocycles. The van der Waals surface area contributed by atoms with Crippen LogP contribution >= 0.6 is 0 Å².